The number of para-hydroxylation sites is 2. The van der Waals surface area contributed by atoms with E-state index in [0.717, 1.165) is 56.3 Å². The number of anilines is 1. The molecule has 0 saturated carbocycles. The smallest absolute Gasteiger partial charge is 0.173 e. The Morgan fingerprint density at radius 1 is 0.909 bits per heavy atom. The van der Waals surface area contributed by atoms with Crippen LogP contribution in [0.2, 0.25) is 0 Å². The first-order valence-corrected chi connectivity index (χ1v) is 11.6. The Labute approximate surface area is 196 Å². The molecule has 0 radical (unpaired) electrons. The van der Waals surface area contributed by atoms with E-state index in [1.807, 2.05) is 16.8 Å². The minimum Gasteiger partial charge on any atom is -0.493 e. The molecule has 2 heterocycles. The number of benzene rings is 2. The Balaban J connectivity index is 1.67. The maximum absolute atomic E-state index is 5.83. The van der Waals surface area contributed by atoms with Crippen LogP contribution in [-0.4, -0.2) is 65.5 Å². The highest BCUT2D eigenvalue weighted by atomic mass is 16.5. The van der Waals surface area contributed by atoms with E-state index in [4.69, 9.17) is 9.47 Å². The number of hydrogen-bond acceptors (Lipinski definition) is 7. The van der Waals surface area contributed by atoms with Crippen LogP contribution >= 0.6 is 0 Å². The van der Waals surface area contributed by atoms with Crippen LogP contribution in [-0.2, 0) is 6.54 Å². The molecule has 33 heavy (non-hydrogen) atoms. The fourth-order valence-electron chi connectivity index (χ4n) is 4.45. The second kappa shape index (κ2) is 10.7. The molecule has 0 aliphatic carbocycles. The van der Waals surface area contributed by atoms with Gasteiger partial charge >= 0.3 is 0 Å². The number of ether oxygens (including phenoxy) is 2. The fourth-order valence-corrected chi connectivity index (χ4v) is 4.45. The van der Waals surface area contributed by atoms with Gasteiger partial charge in [-0.3, -0.25) is 4.90 Å². The van der Waals surface area contributed by atoms with E-state index in [1.54, 1.807) is 14.2 Å². The molecule has 1 aromatic heterocycles. The van der Waals surface area contributed by atoms with Crippen LogP contribution in [0, 0.1) is 5.92 Å². The van der Waals surface area contributed by atoms with Crippen molar-refractivity contribution in [3.8, 4) is 11.5 Å². The summed E-state index contributed by atoms with van der Waals surface area (Å²) in [7, 11) is 3.36. The van der Waals surface area contributed by atoms with Gasteiger partial charge in [0, 0.05) is 44.0 Å². The van der Waals surface area contributed by atoms with Crippen molar-refractivity contribution in [2.45, 2.75) is 32.9 Å². The lowest BCUT2D eigenvalue weighted by molar-refractivity contribution is 0.196. The van der Waals surface area contributed by atoms with Gasteiger partial charge < -0.3 is 14.4 Å². The highest BCUT2D eigenvalue weighted by Gasteiger charge is 2.33. The van der Waals surface area contributed by atoms with Gasteiger partial charge in [-0.2, -0.15) is 0 Å². The lowest BCUT2D eigenvalue weighted by atomic mass is 10.0. The molecule has 1 atom stereocenters. The molecule has 0 bridgehead atoms. The van der Waals surface area contributed by atoms with Crippen LogP contribution in [0.4, 0.5) is 5.69 Å². The number of methoxy groups -OCH3 is 2. The zero-order valence-electron chi connectivity index (χ0n) is 20.0. The number of rotatable bonds is 9. The number of piperazine rings is 1. The van der Waals surface area contributed by atoms with Gasteiger partial charge in [-0.1, -0.05) is 44.2 Å². The van der Waals surface area contributed by atoms with Crippen molar-refractivity contribution in [3.05, 3.63) is 59.9 Å². The van der Waals surface area contributed by atoms with Crippen molar-refractivity contribution >= 4 is 5.69 Å². The van der Waals surface area contributed by atoms with Crippen molar-refractivity contribution < 1.29 is 9.47 Å². The van der Waals surface area contributed by atoms with E-state index in [1.165, 1.54) is 5.69 Å². The Kier molecular flexibility index (Phi) is 7.44. The largest absolute Gasteiger partial charge is 0.493 e. The summed E-state index contributed by atoms with van der Waals surface area (Å²) < 4.78 is 13.4. The molecule has 1 aliphatic heterocycles. The quantitative estimate of drug-likeness (QED) is 0.493. The minimum absolute atomic E-state index is 0.130. The summed E-state index contributed by atoms with van der Waals surface area (Å²) in [6.07, 6.45) is 1.02. The van der Waals surface area contributed by atoms with Gasteiger partial charge in [-0.05, 0) is 41.0 Å². The minimum atomic E-state index is -0.130. The Morgan fingerprint density at radius 2 is 1.67 bits per heavy atom. The lowest BCUT2D eigenvalue weighted by Gasteiger charge is -2.40. The van der Waals surface area contributed by atoms with E-state index in [-0.39, 0.29) is 6.04 Å². The summed E-state index contributed by atoms with van der Waals surface area (Å²) in [5.74, 6) is 2.86. The molecule has 0 N–H and O–H groups in total. The maximum Gasteiger partial charge on any atom is 0.173 e. The second-order valence-electron chi connectivity index (χ2n) is 8.79. The molecule has 2 aromatic carbocycles. The first-order valence-electron chi connectivity index (χ1n) is 11.6. The van der Waals surface area contributed by atoms with Gasteiger partial charge in [0.1, 0.15) is 6.04 Å². The molecule has 1 saturated heterocycles. The Hall–Kier alpha value is -3.13. The molecule has 0 spiro atoms. The van der Waals surface area contributed by atoms with Crippen LogP contribution in [0.5, 0.6) is 11.5 Å². The molecular formula is C25H34N6O2. The van der Waals surface area contributed by atoms with Gasteiger partial charge in [0.05, 0.1) is 14.2 Å². The number of aromatic nitrogens is 4. The van der Waals surface area contributed by atoms with Gasteiger partial charge in [-0.25, -0.2) is 4.68 Å². The number of aryl methyl sites for hydroxylation is 1. The van der Waals surface area contributed by atoms with Crippen LogP contribution in [0.3, 0.4) is 0 Å². The van der Waals surface area contributed by atoms with Gasteiger partial charge in [0.25, 0.3) is 0 Å². The van der Waals surface area contributed by atoms with Crippen LogP contribution in [0.25, 0.3) is 0 Å². The van der Waals surface area contributed by atoms with E-state index in [2.05, 4.69) is 75.6 Å². The van der Waals surface area contributed by atoms with Crippen molar-refractivity contribution in [2.24, 2.45) is 5.92 Å². The number of tetrazole rings is 1. The summed E-state index contributed by atoms with van der Waals surface area (Å²) in [6.45, 7) is 8.85. The highest BCUT2D eigenvalue weighted by Crippen LogP contribution is 2.40. The van der Waals surface area contributed by atoms with Crippen LogP contribution < -0.4 is 14.4 Å². The van der Waals surface area contributed by atoms with Crippen molar-refractivity contribution in [3.63, 3.8) is 0 Å². The molecule has 4 rings (SSSR count). The van der Waals surface area contributed by atoms with Crippen molar-refractivity contribution in [2.75, 3.05) is 45.3 Å². The molecule has 176 valence electrons. The topological polar surface area (TPSA) is 68.5 Å². The van der Waals surface area contributed by atoms with Gasteiger partial charge in [0.2, 0.25) is 0 Å². The third-order valence-corrected chi connectivity index (χ3v) is 6.25. The first-order chi connectivity index (χ1) is 16.1. The lowest BCUT2D eigenvalue weighted by Crippen LogP contribution is -2.48. The van der Waals surface area contributed by atoms with E-state index in [9.17, 15) is 0 Å². The summed E-state index contributed by atoms with van der Waals surface area (Å²) in [6, 6.07) is 16.5. The SMILES string of the molecule is COc1cccc(C(c2nnnn2CCC(C)C)N2CCN(c3ccccc3)CC2)c1OC. The molecule has 3 aromatic rings. The zero-order chi connectivity index (χ0) is 23.2. The fraction of sp³-hybridized carbons (Fsp3) is 0.480. The number of hydrogen-bond donors (Lipinski definition) is 0. The zero-order valence-corrected chi connectivity index (χ0v) is 20.0. The molecule has 1 aliphatic rings. The van der Waals surface area contributed by atoms with Gasteiger partial charge in [-0.15, -0.1) is 5.10 Å². The summed E-state index contributed by atoms with van der Waals surface area (Å²) in [5.41, 5.74) is 2.28. The third kappa shape index (κ3) is 5.11. The monoisotopic (exact) mass is 450 g/mol. The average molecular weight is 451 g/mol. The molecular weight excluding hydrogens is 416 g/mol. The maximum atomic E-state index is 5.83. The van der Waals surface area contributed by atoms with Gasteiger partial charge in [0.15, 0.2) is 17.3 Å². The molecule has 0 amide bonds. The summed E-state index contributed by atoms with van der Waals surface area (Å²) >= 11 is 0. The second-order valence-corrected chi connectivity index (χ2v) is 8.79. The molecule has 1 fully saturated rings. The number of nitrogens with zero attached hydrogens (tertiary/aromatic N) is 6. The highest BCUT2D eigenvalue weighted by molar-refractivity contribution is 5.50. The summed E-state index contributed by atoms with van der Waals surface area (Å²) in [4.78, 5) is 4.88. The predicted octanol–water partition coefficient (Wildman–Crippen LogP) is 3.65. The van der Waals surface area contributed by atoms with Crippen molar-refractivity contribution in [1.29, 1.82) is 0 Å². The molecule has 1 unspecified atom stereocenters. The third-order valence-electron chi connectivity index (χ3n) is 6.25. The first kappa shape index (κ1) is 23.0. The predicted molar refractivity (Wildman–Crippen MR) is 129 cm³/mol. The van der Waals surface area contributed by atoms with E-state index >= 15 is 0 Å². The molecule has 8 heteroatoms. The van der Waals surface area contributed by atoms with Crippen molar-refractivity contribution in [1.82, 2.24) is 25.1 Å². The van der Waals surface area contributed by atoms with E-state index < -0.39 is 0 Å². The average Bonchev–Trinajstić information content (AvgIpc) is 3.31. The van der Waals surface area contributed by atoms with Crippen LogP contribution in [0.1, 0.15) is 37.7 Å². The normalized spacial score (nSPS) is 15.6. The summed E-state index contributed by atoms with van der Waals surface area (Å²) in [5, 5.41) is 12.9. The van der Waals surface area contributed by atoms with E-state index in [0.29, 0.717) is 11.7 Å². The standard InChI is InChI=1S/C25H34N6O2/c1-19(2)13-14-31-25(26-27-28-31)23(21-11-8-12-22(32-3)24(21)33-4)30-17-15-29(16-18-30)20-9-6-5-7-10-20/h5-12,19,23H,13-18H2,1-4H3. The van der Waals surface area contributed by atoms with Crippen LogP contribution in [0.15, 0.2) is 48.5 Å². The Morgan fingerprint density at radius 3 is 2.33 bits per heavy atom. The Bertz CT molecular complexity index is 1010. The molecule has 8 nitrogen and oxygen atoms in total.